The van der Waals surface area contributed by atoms with Crippen LogP contribution in [0.2, 0.25) is 0 Å². The molecule has 2 rings (SSSR count). The van der Waals surface area contributed by atoms with E-state index in [1.54, 1.807) is 0 Å². The molecule has 0 radical (unpaired) electrons. The molecule has 0 aliphatic carbocycles. The van der Waals surface area contributed by atoms with Crippen molar-refractivity contribution in [3.63, 3.8) is 0 Å². The lowest BCUT2D eigenvalue weighted by molar-refractivity contribution is 0.0145. The third-order valence-electron chi connectivity index (χ3n) is 5.09. The van der Waals surface area contributed by atoms with Crippen molar-refractivity contribution in [2.75, 3.05) is 73.1 Å². The molecule has 2 heterocycles. The first kappa shape index (κ1) is 26.2. The van der Waals surface area contributed by atoms with Crippen molar-refractivity contribution in [3.05, 3.63) is 0 Å². The number of nitrogens with zero attached hydrogens (tertiary/aromatic N) is 4. The number of hydrogen-bond donors (Lipinski definition) is 1. The molecule has 2 fully saturated rings. The number of nitrogens with one attached hydrogen (secondary N) is 1. The second kappa shape index (κ2) is 12.8. The zero-order valence-electron chi connectivity index (χ0n) is 18.8. The maximum Gasteiger partial charge on any atom is 0.410 e. The number of piperazine rings is 1. The van der Waals surface area contributed by atoms with Gasteiger partial charge in [0.25, 0.3) is 0 Å². The molecule has 1 amide bonds. The third-order valence-corrected chi connectivity index (χ3v) is 5.09. The number of ether oxygens (including phenoxy) is 2. The van der Waals surface area contributed by atoms with Crippen molar-refractivity contribution in [2.45, 2.75) is 39.2 Å². The molecular formula is C20H40IN5O3. The highest BCUT2D eigenvalue weighted by Crippen LogP contribution is 2.13. The molecule has 0 saturated carbocycles. The normalized spacial score (nSPS) is 20.9. The van der Waals surface area contributed by atoms with Gasteiger partial charge in [-0.25, -0.2) is 4.79 Å². The molecule has 2 aliphatic rings. The Morgan fingerprint density at radius 1 is 1.28 bits per heavy atom. The van der Waals surface area contributed by atoms with E-state index in [-0.39, 0.29) is 30.1 Å². The molecule has 170 valence electrons. The van der Waals surface area contributed by atoms with Crippen LogP contribution in [0.5, 0.6) is 0 Å². The van der Waals surface area contributed by atoms with E-state index in [9.17, 15) is 4.79 Å². The lowest BCUT2D eigenvalue weighted by Crippen LogP contribution is -2.50. The van der Waals surface area contributed by atoms with Gasteiger partial charge in [-0.2, -0.15) is 0 Å². The molecule has 0 aromatic carbocycles. The van der Waals surface area contributed by atoms with Crippen LogP contribution in [-0.4, -0.2) is 105 Å². The van der Waals surface area contributed by atoms with E-state index in [1.165, 1.54) is 0 Å². The second-order valence-corrected chi connectivity index (χ2v) is 8.75. The summed E-state index contributed by atoms with van der Waals surface area (Å²) in [5.41, 5.74) is -0.434. The SMILES string of the molecule is CN=C(NCCCN1CCN(C(=O)OC(C)(C)C)CC1)N(C)CC1CCOC1.I. The summed E-state index contributed by atoms with van der Waals surface area (Å²) < 4.78 is 10.9. The zero-order valence-corrected chi connectivity index (χ0v) is 21.1. The van der Waals surface area contributed by atoms with Gasteiger partial charge in [0, 0.05) is 65.9 Å². The van der Waals surface area contributed by atoms with Gasteiger partial charge in [-0.3, -0.25) is 9.89 Å². The van der Waals surface area contributed by atoms with Gasteiger partial charge in [0.15, 0.2) is 5.96 Å². The maximum absolute atomic E-state index is 12.1. The first-order valence-electron chi connectivity index (χ1n) is 10.5. The van der Waals surface area contributed by atoms with Gasteiger partial charge in [0.05, 0.1) is 6.61 Å². The summed E-state index contributed by atoms with van der Waals surface area (Å²) in [6, 6.07) is 0. The van der Waals surface area contributed by atoms with Gasteiger partial charge in [-0.1, -0.05) is 0 Å². The summed E-state index contributed by atoms with van der Waals surface area (Å²) >= 11 is 0. The molecule has 8 nitrogen and oxygen atoms in total. The Labute approximate surface area is 193 Å². The lowest BCUT2D eigenvalue weighted by Gasteiger charge is -2.35. The van der Waals surface area contributed by atoms with E-state index in [0.717, 1.165) is 77.8 Å². The average molecular weight is 525 g/mol. The Balaban J connectivity index is 0.00000420. The molecule has 0 aromatic rings. The molecule has 1 atom stereocenters. The molecule has 29 heavy (non-hydrogen) atoms. The molecular weight excluding hydrogens is 485 g/mol. The standard InChI is InChI=1S/C20H39N5O3.HI/c1-20(2,3)28-19(26)25-12-10-24(11-13-25)9-6-8-22-18(21-4)23(5)15-17-7-14-27-16-17;/h17H,6-16H2,1-5H3,(H,21,22);1H. The fourth-order valence-electron chi connectivity index (χ4n) is 3.57. The predicted molar refractivity (Wildman–Crippen MR) is 127 cm³/mol. The topological polar surface area (TPSA) is 69.6 Å². The minimum absolute atomic E-state index is 0. The van der Waals surface area contributed by atoms with Gasteiger partial charge in [-0.15, -0.1) is 24.0 Å². The molecule has 0 bridgehead atoms. The van der Waals surface area contributed by atoms with Gasteiger partial charge < -0.3 is 24.6 Å². The summed E-state index contributed by atoms with van der Waals surface area (Å²) in [6.07, 6.45) is 1.98. The van der Waals surface area contributed by atoms with E-state index in [2.05, 4.69) is 27.2 Å². The average Bonchev–Trinajstić information content (AvgIpc) is 3.13. The monoisotopic (exact) mass is 525 g/mol. The summed E-state index contributed by atoms with van der Waals surface area (Å²) in [5, 5.41) is 3.46. The summed E-state index contributed by atoms with van der Waals surface area (Å²) in [7, 11) is 3.92. The van der Waals surface area contributed by atoms with Gasteiger partial charge in [0.2, 0.25) is 0 Å². The first-order valence-corrected chi connectivity index (χ1v) is 10.5. The Kier molecular flexibility index (Phi) is 11.6. The van der Waals surface area contributed by atoms with E-state index < -0.39 is 5.60 Å². The van der Waals surface area contributed by atoms with Crippen LogP contribution in [0.15, 0.2) is 4.99 Å². The van der Waals surface area contributed by atoms with Crippen molar-refractivity contribution in [3.8, 4) is 0 Å². The third kappa shape index (κ3) is 9.69. The smallest absolute Gasteiger partial charge is 0.410 e. The van der Waals surface area contributed by atoms with Crippen LogP contribution in [-0.2, 0) is 9.47 Å². The Bertz CT molecular complexity index is 513. The van der Waals surface area contributed by atoms with Crippen LogP contribution in [0.4, 0.5) is 4.79 Å². The molecule has 0 spiro atoms. The number of carbonyl (C=O) groups excluding carboxylic acids is 1. The van der Waals surface area contributed by atoms with Crippen molar-refractivity contribution in [1.82, 2.24) is 20.0 Å². The number of guanidine groups is 1. The van der Waals surface area contributed by atoms with E-state index >= 15 is 0 Å². The fraction of sp³-hybridized carbons (Fsp3) is 0.900. The zero-order chi connectivity index (χ0) is 20.6. The maximum atomic E-state index is 12.1. The second-order valence-electron chi connectivity index (χ2n) is 8.75. The summed E-state index contributed by atoms with van der Waals surface area (Å²) in [4.78, 5) is 22.9. The van der Waals surface area contributed by atoms with Crippen molar-refractivity contribution >= 4 is 36.0 Å². The number of halogens is 1. The van der Waals surface area contributed by atoms with E-state index in [1.807, 2.05) is 32.7 Å². The summed E-state index contributed by atoms with van der Waals surface area (Å²) in [6.45, 7) is 13.6. The van der Waals surface area contributed by atoms with Gasteiger partial charge in [-0.05, 0) is 40.2 Å². The van der Waals surface area contributed by atoms with Crippen molar-refractivity contribution in [2.24, 2.45) is 10.9 Å². The highest BCUT2D eigenvalue weighted by molar-refractivity contribution is 14.0. The molecule has 1 unspecified atom stereocenters. The number of amides is 1. The highest BCUT2D eigenvalue weighted by atomic mass is 127. The number of rotatable bonds is 6. The quantitative estimate of drug-likeness (QED) is 0.248. The largest absolute Gasteiger partial charge is 0.444 e. The van der Waals surface area contributed by atoms with Gasteiger partial charge in [0.1, 0.15) is 5.60 Å². The molecule has 2 aliphatic heterocycles. The fourth-order valence-corrected chi connectivity index (χ4v) is 3.57. The number of carbonyl (C=O) groups is 1. The first-order chi connectivity index (χ1) is 13.3. The minimum Gasteiger partial charge on any atom is -0.444 e. The summed E-state index contributed by atoms with van der Waals surface area (Å²) in [5.74, 6) is 1.55. The van der Waals surface area contributed by atoms with Crippen LogP contribution < -0.4 is 5.32 Å². The van der Waals surface area contributed by atoms with Crippen molar-refractivity contribution < 1.29 is 14.3 Å². The van der Waals surface area contributed by atoms with Gasteiger partial charge >= 0.3 is 6.09 Å². The number of aliphatic imine (C=N–C) groups is 1. The van der Waals surface area contributed by atoms with Crippen LogP contribution in [0, 0.1) is 5.92 Å². The Hall–Kier alpha value is -0.810. The van der Waals surface area contributed by atoms with E-state index in [4.69, 9.17) is 9.47 Å². The molecule has 0 aromatic heterocycles. The highest BCUT2D eigenvalue weighted by Gasteiger charge is 2.25. The number of hydrogen-bond acceptors (Lipinski definition) is 5. The predicted octanol–water partition coefficient (Wildman–Crippen LogP) is 2.09. The molecule has 1 N–H and O–H groups in total. The molecule has 9 heteroatoms. The lowest BCUT2D eigenvalue weighted by atomic mass is 10.1. The van der Waals surface area contributed by atoms with Crippen LogP contribution in [0.25, 0.3) is 0 Å². The van der Waals surface area contributed by atoms with E-state index in [0.29, 0.717) is 5.92 Å². The Morgan fingerprint density at radius 2 is 1.97 bits per heavy atom. The van der Waals surface area contributed by atoms with Crippen molar-refractivity contribution in [1.29, 1.82) is 0 Å². The van der Waals surface area contributed by atoms with Crippen LogP contribution in [0.1, 0.15) is 33.6 Å². The minimum atomic E-state index is -0.434. The molecule has 2 saturated heterocycles. The Morgan fingerprint density at radius 3 is 2.52 bits per heavy atom. The van der Waals surface area contributed by atoms with Crippen LogP contribution >= 0.6 is 24.0 Å². The van der Waals surface area contributed by atoms with Crippen LogP contribution in [0.3, 0.4) is 0 Å².